The maximum Gasteiger partial charge on any atom is 0.256 e. The van der Waals surface area contributed by atoms with Crippen LogP contribution in [0.5, 0.6) is 0 Å². The summed E-state index contributed by atoms with van der Waals surface area (Å²) in [5, 5.41) is 1.58. The van der Waals surface area contributed by atoms with Crippen molar-refractivity contribution in [3.8, 4) is 0 Å². The molecular formula is C19H23ClN2O. The maximum absolute atomic E-state index is 13.2. The SMILES string of the molecule is Cc1nc2ccc(Cl)cc2cc1C(=O)N(C(C)C)C1CCCC1. The number of rotatable bonds is 3. The molecule has 0 radical (unpaired) electrons. The molecule has 1 fully saturated rings. The van der Waals surface area contributed by atoms with Crippen molar-refractivity contribution in [3.05, 3.63) is 40.5 Å². The average molecular weight is 331 g/mol. The van der Waals surface area contributed by atoms with Crippen LogP contribution in [-0.2, 0) is 0 Å². The minimum atomic E-state index is 0.0961. The highest BCUT2D eigenvalue weighted by Gasteiger charge is 2.30. The van der Waals surface area contributed by atoms with Crippen molar-refractivity contribution in [3.63, 3.8) is 0 Å². The number of hydrogen-bond donors (Lipinski definition) is 0. The number of halogens is 1. The minimum Gasteiger partial charge on any atom is -0.333 e. The summed E-state index contributed by atoms with van der Waals surface area (Å²) >= 11 is 6.08. The number of benzene rings is 1. The summed E-state index contributed by atoms with van der Waals surface area (Å²) in [6.07, 6.45) is 4.64. The molecule has 0 N–H and O–H groups in total. The number of hydrogen-bond acceptors (Lipinski definition) is 2. The molecule has 1 amide bonds. The number of aromatic nitrogens is 1. The Morgan fingerprint density at radius 2 is 1.96 bits per heavy atom. The van der Waals surface area contributed by atoms with E-state index in [2.05, 4.69) is 18.8 Å². The molecule has 1 aromatic heterocycles. The Kier molecular flexibility index (Phi) is 4.58. The van der Waals surface area contributed by atoms with Crippen LogP contribution in [0, 0.1) is 6.92 Å². The molecule has 0 atom stereocenters. The summed E-state index contributed by atoms with van der Waals surface area (Å²) in [6, 6.07) is 8.09. The van der Waals surface area contributed by atoms with Gasteiger partial charge >= 0.3 is 0 Å². The third-order valence-electron chi connectivity index (χ3n) is 4.71. The second-order valence-electron chi connectivity index (χ2n) is 6.70. The van der Waals surface area contributed by atoms with Crippen molar-refractivity contribution in [2.24, 2.45) is 0 Å². The predicted octanol–water partition coefficient (Wildman–Crippen LogP) is 4.99. The first-order chi connectivity index (χ1) is 11.0. The van der Waals surface area contributed by atoms with E-state index in [-0.39, 0.29) is 11.9 Å². The molecule has 4 heteroatoms. The van der Waals surface area contributed by atoms with Crippen LogP contribution < -0.4 is 0 Å². The number of nitrogens with zero attached hydrogens (tertiary/aromatic N) is 2. The smallest absolute Gasteiger partial charge is 0.256 e. The van der Waals surface area contributed by atoms with E-state index >= 15 is 0 Å². The van der Waals surface area contributed by atoms with Crippen molar-refractivity contribution in [2.75, 3.05) is 0 Å². The predicted molar refractivity (Wildman–Crippen MR) is 95.1 cm³/mol. The fourth-order valence-corrected chi connectivity index (χ4v) is 3.78. The number of pyridine rings is 1. The zero-order chi connectivity index (χ0) is 16.6. The molecule has 0 aliphatic heterocycles. The van der Waals surface area contributed by atoms with Crippen LogP contribution in [0.25, 0.3) is 10.9 Å². The molecule has 2 aromatic rings. The van der Waals surface area contributed by atoms with Gasteiger partial charge in [-0.25, -0.2) is 0 Å². The molecule has 23 heavy (non-hydrogen) atoms. The lowest BCUT2D eigenvalue weighted by atomic mass is 10.1. The zero-order valence-electron chi connectivity index (χ0n) is 14.0. The van der Waals surface area contributed by atoms with Crippen molar-refractivity contribution in [1.82, 2.24) is 9.88 Å². The van der Waals surface area contributed by atoms with E-state index in [1.54, 1.807) is 0 Å². The molecule has 1 aliphatic carbocycles. The van der Waals surface area contributed by atoms with Gasteiger partial charge in [-0.1, -0.05) is 24.4 Å². The number of amides is 1. The molecule has 0 spiro atoms. The third kappa shape index (κ3) is 3.20. The Balaban J connectivity index is 2.02. The van der Waals surface area contributed by atoms with Gasteiger partial charge in [0.25, 0.3) is 5.91 Å². The minimum absolute atomic E-state index is 0.0961. The summed E-state index contributed by atoms with van der Waals surface area (Å²) in [4.78, 5) is 19.8. The Morgan fingerprint density at radius 3 is 2.61 bits per heavy atom. The van der Waals surface area contributed by atoms with Crippen molar-refractivity contribution in [2.45, 2.75) is 58.5 Å². The lowest BCUT2D eigenvalue weighted by Gasteiger charge is -2.33. The maximum atomic E-state index is 13.2. The van der Waals surface area contributed by atoms with Crippen molar-refractivity contribution in [1.29, 1.82) is 0 Å². The third-order valence-corrected chi connectivity index (χ3v) is 4.94. The topological polar surface area (TPSA) is 33.2 Å². The van der Waals surface area contributed by atoms with Crippen LogP contribution in [0.2, 0.25) is 5.02 Å². The van der Waals surface area contributed by atoms with Gasteiger partial charge in [-0.3, -0.25) is 9.78 Å². The monoisotopic (exact) mass is 330 g/mol. The number of carbonyl (C=O) groups excluding carboxylic acids is 1. The molecule has 1 aliphatic rings. The molecule has 0 saturated heterocycles. The van der Waals surface area contributed by atoms with E-state index in [1.165, 1.54) is 12.8 Å². The Morgan fingerprint density at radius 1 is 1.26 bits per heavy atom. The largest absolute Gasteiger partial charge is 0.333 e. The van der Waals surface area contributed by atoms with E-state index in [1.807, 2.05) is 36.1 Å². The zero-order valence-corrected chi connectivity index (χ0v) is 14.7. The first kappa shape index (κ1) is 16.3. The molecule has 1 saturated carbocycles. The van der Waals surface area contributed by atoms with Crippen molar-refractivity contribution >= 4 is 28.4 Å². The van der Waals surface area contributed by atoms with E-state index in [0.717, 1.165) is 29.4 Å². The fraction of sp³-hybridized carbons (Fsp3) is 0.474. The van der Waals surface area contributed by atoms with Gasteiger partial charge in [0, 0.05) is 22.5 Å². The molecule has 3 nitrogen and oxygen atoms in total. The Labute approximate surface area is 142 Å². The van der Waals surface area contributed by atoms with Crippen LogP contribution in [0.3, 0.4) is 0 Å². The molecule has 3 rings (SSSR count). The quantitative estimate of drug-likeness (QED) is 0.794. The molecule has 0 bridgehead atoms. The van der Waals surface area contributed by atoms with E-state index in [4.69, 9.17) is 11.6 Å². The second-order valence-corrected chi connectivity index (χ2v) is 7.14. The Hall–Kier alpha value is -1.61. The highest BCUT2D eigenvalue weighted by atomic mass is 35.5. The summed E-state index contributed by atoms with van der Waals surface area (Å²) in [5.74, 6) is 0.0961. The molecule has 1 heterocycles. The highest BCUT2D eigenvalue weighted by molar-refractivity contribution is 6.31. The van der Waals surface area contributed by atoms with Gasteiger partial charge in [-0.2, -0.15) is 0 Å². The average Bonchev–Trinajstić information content (AvgIpc) is 3.00. The summed E-state index contributed by atoms with van der Waals surface area (Å²) in [5.41, 5.74) is 2.36. The molecule has 1 aromatic carbocycles. The summed E-state index contributed by atoms with van der Waals surface area (Å²) < 4.78 is 0. The number of carbonyl (C=O) groups is 1. The van der Waals surface area contributed by atoms with Crippen molar-refractivity contribution < 1.29 is 4.79 Å². The normalized spacial score (nSPS) is 15.5. The van der Waals surface area contributed by atoms with Gasteiger partial charge < -0.3 is 4.90 Å². The number of aryl methyl sites for hydroxylation is 1. The van der Waals surface area contributed by atoms with E-state index in [9.17, 15) is 4.79 Å². The molecular weight excluding hydrogens is 308 g/mol. The van der Waals surface area contributed by atoms with E-state index in [0.29, 0.717) is 16.6 Å². The first-order valence-electron chi connectivity index (χ1n) is 8.37. The van der Waals surface area contributed by atoms with Crippen LogP contribution in [-0.4, -0.2) is 27.9 Å². The van der Waals surface area contributed by atoms with Gasteiger partial charge in [0.2, 0.25) is 0 Å². The lowest BCUT2D eigenvalue weighted by molar-refractivity contribution is 0.0612. The van der Waals surface area contributed by atoms with E-state index < -0.39 is 0 Å². The first-order valence-corrected chi connectivity index (χ1v) is 8.74. The fourth-order valence-electron chi connectivity index (χ4n) is 3.60. The van der Waals surface area contributed by atoms with Crippen LogP contribution in [0.1, 0.15) is 55.6 Å². The van der Waals surface area contributed by atoms with Gasteiger partial charge in [0.1, 0.15) is 0 Å². The van der Waals surface area contributed by atoms with Gasteiger partial charge in [-0.05, 0) is 57.9 Å². The van der Waals surface area contributed by atoms with Crippen LogP contribution in [0.4, 0.5) is 0 Å². The van der Waals surface area contributed by atoms with Crippen LogP contribution >= 0.6 is 11.6 Å². The molecule has 0 unspecified atom stereocenters. The lowest BCUT2D eigenvalue weighted by Crippen LogP contribution is -2.44. The highest BCUT2D eigenvalue weighted by Crippen LogP contribution is 2.28. The van der Waals surface area contributed by atoms with Gasteiger partial charge in [-0.15, -0.1) is 0 Å². The molecule has 122 valence electrons. The second kappa shape index (κ2) is 6.48. The van der Waals surface area contributed by atoms with Gasteiger partial charge in [0.05, 0.1) is 16.8 Å². The Bertz CT molecular complexity index is 735. The standard InChI is InChI=1S/C19H23ClN2O/c1-12(2)22(16-6-4-5-7-16)19(23)17-11-14-10-15(20)8-9-18(14)21-13(17)3/h8-12,16H,4-7H2,1-3H3. The summed E-state index contributed by atoms with van der Waals surface area (Å²) in [6.45, 7) is 6.10. The summed E-state index contributed by atoms with van der Waals surface area (Å²) in [7, 11) is 0. The van der Waals surface area contributed by atoms with Gasteiger partial charge in [0.15, 0.2) is 0 Å². The van der Waals surface area contributed by atoms with Crippen LogP contribution in [0.15, 0.2) is 24.3 Å². The number of fused-ring (bicyclic) bond motifs is 1.